The molecular weight excluding hydrogens is 585 g/mol. The second-order valence-electron chi connectivity index (χ2n) is 11.9. The summed E-state index contributed by atoms with van der Waals surface area (Å²) < 4.78 is 4.53. The first-order chi connectivity index (χ1) is 23.7. The molecule has 0 bridgehead atoms. The average Bonchev–Trinajstić information content (AvgIpc) is 3.67. The van der Waals surface area contributed by atoms with Gasteiger partial charge in [0.25, 0.3) is 0 Å². The Bertz CT molecular complexity index is 2750. The topological polar surface area (TPSA) is 18.6 Å². The fourth-order valence-electron chi connectivity index (χ4n) is 7.23. The number of rotatable bonds is 4. The normalized spacial score (nSPS) is 11.3. The summed E-state index contributed by atoms with van der Waals surface area (Å²) in [6.07, 6.45) is 0. The SMILES string of the molecule is [C-]#[N+]c1ccc2c(c1)c1ccccc1n2-c1c([N+]#[C-])cccc1-c1ccc(-c2cccc(-n3c4ccccc4c4ccccc43)c2)cc1. The van der Waals surface area contributed by atoms with E-state index < -0.39 is 0 Å². The fraction of sp³-hybridized carbons (Fsp3) is 0. The maximum Gasteiger partial charge on any atom is 0.211 e. The van der Waals surface area contributed by atoms with Crippen LogP contribution in [0.25, 0.3) is 86.9 Å². The zero-order valence-corrected chi connectivity index (χ0v) is 25.8. The van der Waals surface area contributed by atoms with Crippen LogP contribution in [0.2, 0.25) is 0 Å². The van der Waals surface area contributed by atoms with E-state index in [1.807, 2.05) is 42.5 Å². The largest absolute Gasteiger partial charge is 0.318 e. The van der Waals surface area contributed by atoms with Crippen LogP contribution in [0.3, 0.4) is 0 Å². The zero-order valence-electron chi connectivity index (χ0n) is 25.8. The van der Waals surface area contributed by atoms with Gasteiger partial charge in [-0.25, -0.2) is 9.69 Å². The van der Waals surface area contributed by atoms with Crippen LogP contribution in [0.1, 0.15) is 0 Å². The molecule has 9 aromatic rings. The second kappa shape index (κ2) is 10.9. The molecule has 222 valence electrons. The highest BCUT2D eigenvalue weighted by Crippen LogP contribution is 2.42. The fourth-order valence-corrected chi connectivity index (χ4v) is 7.23. The lowest BCUT2D eigenvalue weighted by atomic mass is 9.98. The van der Waals surface area contributed by atoms with E-state index in [-0.39, 0.29) is 0 Å². The molecule has 48 heavy (non-hydrogen) atoms. The van der Waals surface area contributed by atoms with E-state index in [4.69, 9.17) is 13.1 Å². The molecule has 0 radical (unpaired) electrons. The average molecular weight is 611 g/mol. The van der Waals surface area contributed by atoms with Crippen LogP contribution in [0.15, 0.2) is 158 Å². The van der Waals surface area contributed by atoms with Crippen LogP contribution >= 0.6 is 0 Å². The van der Waals surface area contributed by atoms with E-state index in [0.717, 1.165) is 55.4 Å². The highest BCUT2D eigenvalue weighted by Gasteiger charge is 2.19. The molecule has 2 aromatic heterocycles. The van der Waals surface area contributed by atoms with Crippen LogP contribution in [-0.2, 0) is 0 Å². The van der Waals surface area contributed by atoms with Gasteiger partial charge in [0.05, 0.1) is 40.9 Å². The highest BCUT2D eigenvalue weighted by atomic mass is 15.0. The number of hydrogen-bond acceptors (Lipinski definition) is 0. The minimum atomic E-state index is 0.576. The Morgan fingerprint density at radius 1 is 0.396 bits per heavy atom. The summed E-state index contributed by atoms with van der Waals surface area (Å²) in [5.41, 5.74) is 11.8. The van der Waals surface area contributed by atoms with E-state index in [1.54, 1.807) is 0 Å². The number of hydrogen-bond donors (Lipinski definition) is 0. The quantitative estimate of drug-likeness (QED) is 0.177. The van der Waals surface area contributed by atoms with E-state index in [1.165, 1.54) is 21.8 Å². The van der Waals surface area contributed by atoms with E-state index in [2.05, 4.69) is 134 Å². The molecule has 0 saturated heterocycles. The van der Waals surface area contributed by atoms with Crippen LogP contribution in [0.5, 0.6) is 0 Å². The van der Waals surface area contributed by atoms with Gasteiger partial charge in [0.15, 0.2) is 5.69 Å². The maximum absolute atomic E-state index is 8.12. The summed E-state index contributed by atoms with van der Waals surface area (Å²) in [5.74, 6) is 0. The van der Waals surface area contributed by atoms with E-state index in [0.29, 0.717) is 11.4 Å². The smallest absolute Gasteiger partial charge is 0.211 e. The lowest BCUT2D eigenvalue weighted by Crippen LogP contribution is -1.98. The summed E-state index contributed by atoms with van der Waals surface area (Å²) in [6, 6.07) is 54.5. The third-order valence-electron chi connectivity index (χ3n) is 9.36. The molecule has 4 nitrogen and oxygen atoms in total. The highest BCUT2D eigenvalue weighted by molar-refractivity contribution is 6.12. The van der Waals surface area contributed by atoms with Gasteiger partial charge in [0.2, 0.25) is 5.69 Å². The van der Waals surface area contributed by atoms with Gasteiger partial charge in [-0.1, -0.05) is 115 Å². The molecule has 0 aliphatic heterocycles. The molecule has 4 heteroatoms. The number of para-hydroxylation sites is 4. The van der Waals surface area contributed by atoms with Crippen LogP contribution in [0, 0.1) is 13.1 Å². The second-order valence-corrected chi connectivity index (χ2v) is 11.9. The molecule has 0 saturated carbocycles. The predicted molar refractivity (Wildman–Crippen MR) is 199 cm³/mol. The maximum atomic E-state index is 8.12. The van der Waals surface area contributed by atoms with Crippen molar-refractivity contribution in [3.8, 4) is 33.6 Å². The third kappa shape index (κ3) is 4.14. The molecule has 2 heterocycles. The van der Waals surface area contributed by atoms with Crippen molar-refractivity contribution < 1.29 is 0 Å². The van der Waals surface area contributed by atoms with Crippen molar-refractivity contribution in [3.63, 3.8) is 0 Å². The molecule has 7 aromatic carbocycles. The summed E-state index contributed by atoms with van der Waals surface area (Å²) >= 11 is 0. The van der Waals surface area contributed by atoms with Gasteiger partial charge in [0, 0.05) is 21.8 Å². The summed E-state index contributed by atoms with van der Waals surface area (Å²) in [6.45, 7) is 15.7. The number of fused-ring (bicyclic) bond motifs is 6. The van der Waals surface area contributed by atoms with Gasteiger partial charge in [-0.15, -0.1) is 0 Å². The van der Waals surface area contributed by atoms with Gasteiger partial charge >= 0.3 is 0 Å². The van der Waals surface area contributed by atoms with Crippen molar-refractivity contribution in [1.29, 1.82) is 0 Å². The Kier molecular flexibility index (Phi) is 6.22. The Hall–Kier alpha value is -6.88. The molecule has 0 spiro atoms. The van der Waals surface area contributed by atoms with Gasteiger partial charge in [-0.3, -0.25) is 0 Å². The molecule has 0 aliphatic rings. The van der Waals surface area contributed by atoms with Crippen molar-refractivity contribution in [2.45, 2.75) is 0 Å². The summed E-state index contributed by atoms with van der Waals surface area (Å²) in [7, 11) is 0. The minimum Gasteiger partial charge on any atom is -0.318 e. The molecule has 0 fully saturated rings. The molecule has 0 unspecified atom stereocenters. The third-order valence-corrected chi connectivity index (χ3v) is 9.36. The van der Waals surface area contributed by atoms with Crippen molar-refractivity contribution in [2.75, 3.05) is 0 Å². The Morgan fingerprint density at radius 2 is 0.979 bits per heavy atom. The Labute approximate surface area is 277 Å². The first-order valence-electron chi connectivity index (χ1n) is 15.8. The standard InChI is InChI=1S/C44H26N4/c1-45-32-25-26-43-38(28-32)37-15-5-8-20-42(37)48(43)44-34(16-10-17-39(44)46-2)30-23-21-29(22-24-30)31-11-9-12-33(27-31)47-40-18-6-3-13-35(40)36-14-4-7-19-41(36)47/h3-28H. The first kappa shape index (κ1) is 27.4. The van der Waals surface area contributed by atoms with Crippen LogP contribution < -0.4 is 0 Å². The van der Waals surface area contributed by atoms with Crippen molar-refractivity contribution in [2.24, 2.45) is 0 Å². The van der Waals surface area contributed by atoms with Crippen molar-refractivity contribution in [1.82, 2.24) is 9.13 Å². The summed E-state index contributed by atoms with van der Waals surface area (Å²) in [4.78, 5) is 7.66. The lowest BCUT2D eigenvalue weighted by Gasteiger charge is -2.16. The lowest BCUT2D eigenvalue weighted by molar-refractivity contribution is 1.18. The zero-order chi connectivity index (χ0) is 32.2. The van der Waals surface area contributed by atoms with E-state index >= 15 is 0 Å². The number of aromatic nitrogens is 2. The number of nitrogens with zero attached hydrogens (tertiary/aromatic N) is 4. The predicted octanol–water partition coefficient (Wildman–Crippen LogP) is 12.3. The molecular formula is C44H26N4. The first-order valence-corrected chi connectivity index (χ1v) is 15.8. The number of benzene rings is 7. The van der Waals surface area contributed by atoms with Gasteiger partial charge in [-0.2, -0.15) is 0 Å². The Balaban J connectivity index is 1.18. The van der Waals surface area contributed by atoms with Gasteiger partial charge in [0.1, 0.15) is 0 Å². The van der Waals surface area contributed by atoms with Crippen LogP contribution in [0.4, 0.5) is 11.4 Å². The monoisotopic (exact) mass is 610 g/mol. The van der Waals surface area contributed by atoms with Crippen LogP contribution in [-0.4, -0.2) is 9.13 Å². The van der Waals surface area contributed by atoms with Crippen molar-refractivity contribution >= 4 is 55.0 Å². The Morgan fingerprint density at radius 3 is 1.65 bits per heavy atom. The summed E-state index contributed by atoms with van der Waals surface area (Å²) in [5, 5.41) is 4.55. The van der Waals surface area contributed by atoms with Gasteiger partial charge < -0.3 is 9.13 Å². The molecule has 0 amide bonds. The van der Waals surface area contributed by atoms with Gasteiger partial charge in [-0.05, 0) is 70.1 Å². The molecule has 9 rings (SSSR count). The molecule has 0 N–H and O–H groups in total. The molecule has 0 atom stereocenters. The molecule has 0 aliphatic carbocycles. The van der Waals surface area contributed by atoms with E-state index in [9.17, 15) is 0 Å². The minimum absolute atomic E-state index is 0.576. The van der Waals surface area contributed by atoms with Crippen molar-refractivity contribution in [3.05, 3.63) is 181 Å².